The number of morpholine rings is 1. The lowest BCUT2D eigenvalue weighted by molar-refractivity contribution is -0.0681. The Morgan fingerprint density at radius 1 is 1.53 bits per heavy atom. The third-order valence-electron chi connectivity index (χ3n) is 3.07. The van der Waals surface area contributed by atoms with Gasteiger partial charge in [-0.2, -0.15) is 0 Å². The van der Waals surface area contributed by atoms with Gasteiger partial charge in [-0.15, -0.1) is 0 Å². The molecule has 2 atom stereocenters. The second-order valence-corrected chi connectivity index (χ2v) is 5.33. The molecule has 1 fully saturated rings. The van der Waals surface area contributed by atoms with Gasteiger partial charge < -0.3 is 4.74 Å². The Bertz CT molecular complexity index is 372. The molecular formula is C13H19BrN2O. The van der Waals surface area contributed by atoms with Crippen LogP contribution < -0.4 is 0 Å². The van der Waals surface area contributed by atoms with Crippen LogP contribution >= 0.6 is 15.9 Å². The highest BCUT2D eigenvalue weighted by Crippen LogP contribution is 2.16. The number of aryl methyl sites for hydroxylation is 1. The van der Waals surface area contributed by atoms with Gasteiger partial charge in [-0.1, -0.05) is 22.0 Å². The van der Waals surface area contributed by atoms with Crippen molar-refractivity contribution in [1.29, 1.82) is 0 Å². The molecule has 1 aromatic rings. The molecule has 94 valence electrons. The first-order valence-electron chi connectivity index (χ1n) is 6.03. The van der Waals surface area contributed by atoms with Crippen LogP contribution in [-0.4, -0.2) is 40.5 Å². The van der Waals surface area contributed by atoms with Crippen molar-refractivity contribution in [3.05, 3.63) is 29.6 Å². The molecule has 2 unspecified atom stereocenters. The molecule has 4 heteroatoms. The number of aromatic nitrogens is 1. The maximum absolute atomic E-state index is 5.82. The number of ether oxygens (including phenoxy) is 1. The number of hydrogen-bond donors (Lipinski definition) is 0. The fraction of sp³-hybridized carbons (Fsp3) is 0.615. The molecule has 0 spiro atoms. The summed E-state index contributed by atoms with van der Waals surface area (Å²) in [5, 5.41) is 0.898. The standard InChI is InChI=1S/C13H19BrN2O/c1-10-4-3-5-15-13(10)9-16-7-11(2)17-12(6-14)8-16/h3-5,11-12H,6-9H2,1-2H3. The molecule has 0 saturated carbocycles. The van der Waals surface area contributed by atoms with Crippen molar-refractivity contribution < 1.29 is 4.74 Å². The minimum atomic E-state index is 0.294. The van der Waals surface area contributed by atoms with Crippen LogP contribution in [0.25, 0.3) is 0 Å². The molecule has 1 aliphatic rings. The normalized spacial score (nSPS) is 26.1. The molecule has 3 nitrogen and oxygen atoms in total. The highest BCUT2D eigenvalue weighted by molar-refractivity contribution is 9.09. The molecule has 17 heavy (non-hydrogen) atoms. The predicted octanol–water partition coefficient (Wildman–Crippen LogP) is 2.37. The summed E-state index contributed by atoms with van der Waals surface area (Å²) in [5.41, 5.74) is 2.44. The fourth-order valence-corrected chi connectivity index (χ4v) is 2.61. The van der Waals surface area contributed by atoms with Crippen molar-refractivity contribution >= 4 is 15.9 Å². The lowest BCUT2D eigenvalue weighted by Gasteiger charge is -2.36. The lowest BCUT2D eigenvalue weighted by atomic mass is 10.1. The van der Waals surface area contributed by atoms with E-state index in [-0.39, 0.29) is 0 Å². The lowest BCUT2D eigenvalue weighted by Crippen LogP contribution is -2.46. The van der Waals surface area contributed by atoms with Gasteiger partial charge in [0.1, 0.15) is 0 Å². The Morgan fingerprint density at radius 3 is 3.06 bits per heavy atom. The zero-order valence-electron chi connectivity index (χ0n) is 10.4. The molecule has 0 aromatic carbocycles. The van der Waals surface area contributed by atoms with E-state index in [9.17, 15) is 0 Å². The fourth-order valence-electron chi connectivity index (χ4n) is 2.25. The highest BCUT2D eigenvalue weighted by atomic mass is 79.9. The topological polar surface area (TPSA) is 25.4 Å². The van der Waals surface area contributed by atoms with Gasteiger partial charge in [0.2, 0.25) is 0 Å². The number of alkyl halides is 1. The van der Waals surface area contributed by atoms with Crippen LogP contribution in [0.3, 0.4) is 0 Å². The van der Waals surface area contributed by atoms with E-state index in [1.165, 1.54) is 11.3 Å². The van der Waals surface area contributed by atoms with Gasteiger partial charge >= 0.3 is 0 Å². The second kappa shape index (κ2) is 5.94. The SMILES string of the molecule is Cc1cccnc1CN1CC(C)OC(CBr)C1. The molecule has 0 aliphatic carbocycles. The average Bonchev–Trinajstić information content (AvgIpc) is 2.31. The summed E-state index contributed by atoms with van der Waals surface area (Å²) in [6, 6.07) is 4.11. The summed E-state index contributed by atoms with van der Waals surface area (Å²) in [5.74, 6) is 0. The van der Waals surface area contributed by atoms with Crippen molar-refractivity contribution in [2.45, 2.75) is 32.6 Å². The minimum absolute atomic E-state index is 0.294. The Kier molecular flexibility index (Phi) is 4.54. The van der Waals surface area contributed by atoms with E-state index in [4.69, 9.17) is 4.74 Å². The smallest absolute Gasteiger partial charge is 0.0802 e. The van der Waals surface area contributed by atoms with Crippen LogP contribution in [0.1, 0.15) is 18.2 Å². The van der Waals surface area contributed by atoms with E-state index >= 15 is 0 Å². The van der Waals surface area contributed by atoms with Gasteiger partial charge in [-0.3, -0.25) is 9.88 Å². The summed E-state index contributed by atoms with van der Waals surface area (Å²) >= 11 is 3.50. The van der Waals surface area contributed by atoms with Crippen molar-refractivity contribution in [2.24, 2.45) is 0 Å². The van der Waals surface area contributed by atoms with Crippen LogP contribution in [-0.2, 0) is 11.3 Å². The predicted molar refractivity (Wildman–Crippen MR) is 72.4 cm³/mol. The van der Waals surface area contributed by atoms with Gasteiger partial charge in [-0.05, 0) is 25.5 Å². The summed E-state index contributed by atoms with van der Waals surface area (Å²) in [4.78, 5) is 6.88. The number of halogens is 1. The summed E-state index contributed by atoms with van der Waals surface area (Å²) in [6.07, 6.45) is 2.46. The van der Waals surface area contributed by atoms with E-state index in [0.717, 1.165) is 25.0 Å². The van der Waals surface area contributed by atoms with Crippen LogP contribution in [0.5, 0.6) is 0 Å². The number of pyridine rings is 1. The number of hydrogen-bond acceptors (Lipinski definition) is 3. The first-order chi connectivity index (χ1) is 8.19. The molecule has 0 radical (unpaired) electrons. The van der Waals surface area contributed by atoms with Crippen molar-refractivity contribution in [3.8, 4) is 0 Å². The quantitative estimate of drug-likeness (QED) is 0.801. The van der Waals surface area contributed by atoms with Crippen LogP contribution in [0.2, 0.25) is 0 Å². The first-order valence-corrected chi connectivity index (χ1v) is 7.15. The summed E-state index contributed by atoms with van der Waals surface area (Å²) in [7, 11) is 0. The molecule has 0 bridgehead atoms. The molecule has 1 aliphatic heterocycles. The molecular weight excluding hydrogens is 280 g/mol. The maximum Gasteiger partial charge on any atom is 0.0802 e. The molecule has 0 amide bonds. The summed E-state index contributed by atoms with van der Waals surface area (Å²) < 4.78 is 5.82. The summed E-state index contributed by atoms with van der Waals surface area (Å²) in [6.45, 7) is 7.14. The molecule has 1 saturated heterocycles. The molecule has 2 rings (SSSR count). The highest BCUT2D eigenvalue weighted by Gasteiger charge is 2.24. The second-order valence-electron chi connectivity index (χ2n) is 4.68. The Balaban J connectivity index is 2.01. The maximum atomic E-state index is 5.82. The van der Waals surface area contributed by atoms with Gasteiger partial charge in [0.05, 0.1) is 17.9 Å². The van der Waals surface area contributed by atoms with Crippen molar-refractivity contribution in [1.82, 2.24) is 9.88 Å². The monoisotopic (exact) mass is 298 g/mol. The Hall–Kier alpha value is -0.450. The third-order valence-corrected chi connectivity index (χ3v) is 3.79. The van der Waals surface area contributed by atoms with E-state index in [2.05, 4.69) is 45.7 Å². The van der Waals surface area contributed by atoms with Crippen LogP contribution in [0, 0.1) is 6.92 Å². The average molecular weight is 299 g/mol. The van der Waals surface area contributed by atoms with E-state index < -0.39 is 0 Å². The third kappa shape index (κ3) is 3.50. The van der Waals surface area contributed by atoms with Gasteiger partial charge in [0.15, 0.2) is 0 Å². The number of nitrogens with zero attached hydrogens (tertiary/aromatic N) is 2. The zero-order chi connectivity index (χ0) is 12.3. The van der Waals surface area contributed by atoms with Crippen molar-refractivity contribution in [3.63, 3.8) is 0 Å². The number of rotatable bonds is 3. The zero-order valence-corrected chi connectivity index (χ0v) is 12.0. The first kappa shape index (κ1) is 13.0. The Morgan fingerprint density at radius 2 is 2.35 bits per heavy atom. The largest absolute Gasteiger partial charge is 0.372 e. The molecule has 0 N–H and O–H groups in total. The van der Waals surface area contributed by atoms with Crippen LogP contribution in [0.4, 0.5) is 0 Å². The Labute approximate surface area is 111 Å². The molecule has 2 heterocycles. The van der Waals surface area contributed by atoms with Gasteiger partial charge in [0.25, 0.3) is 0 Å². The minimum Gasteiger partial charge on any atom is -0.372 e. The van der Waals surface area contributed by atoms with Crippen LogP contribution in [0.15, 0.2) is 18.3 Å². The van der Waals surface area contributed by atoms with E-state index in [1.807, 2.05) is 12.3 Å². The van der Waals surface area contributed by atoms with Gasteiger partial charge in [0, 0.05) is 31.2 Å². The molecule has 1 aromatic heterocycles. The van der Waals surface area contributed by atoms with Crippen molar-refractivity contribution in [2.75, 3.05) is 18.4 Å². The van der Waals surface area contributed by atoms with E-state index in [0.29, 0.717) is 12.2 Å². The van der Waals surface area contributed by atoms with E-state index in [1.54, 1.807) is 0 Å². The van der Waals surface area contributed by atoms with Gasteiger partial charge in [-0.25, -0.2) is 0 Å².